The topological polar surface area (TPSA) is 141 Å². The van der Waals surface area contributed by atoms with E-state index in [0.29, 0.717) is 34.9 Å². The van der Waals surface area contributed by atoms with E-state index in [1.807, 2.05) is 18.2 Å². The second-order valence-corrected chi connectivity index (χ2v) is 11.0. The summed E-state index contributed by atoms with van der Waals surface area (Å²) in [5.41, 5.74) is 1.49. The summed E-state index contributed by atoms with van der Waals surface area (Å²) in [7, 11) is 0. The third kappa shape index (κ3) is 8.61. The van der Waals surface area contributed by atoms with Crippen molar-refractivity contribution < 1.29 is 34.5 Å². The standard InChI is InChI=1S/C27H26ClNO7S2/c28-20-7-2-1-5-17(20)14-37-15-23(31)21(13-25(32)33)29-26(34)24-11-9-18(38-24)6-3-4-16-8-10-22(30)19(12-16)27(35)36/h1-2,5,7-12,21,30H,3-4,6,13-15H2,(H,29,34)(H,32,33)(H,35,36). The zero-order valence-corrected chi connectivity index (χ0v) is 22.6. The molecule has 1 unspecified atom stereocenters. The lowest BCUT2D eigenvalue weighted by atomic mass is 10.0. The van der Waals surface area contributed by atoms with Gasteiger partial charge in [0.25, 0.3) is 5.91 Å². The molecule has 11 heteroatoms. The molecule has 0 bridgehead atoms. The minimum atomic E-state index is -1.20. The number of aromatic carboxylic acids is 1. The second kappa shape index (κ2) is 14.0. The molecule has 0 aliphatic rings. The number of ketones is 1. The van der Waals surface area contributed by atoms with Crippen molar-refractivity contribution in [1.82, 2.24) is 5.32 Å². The van der Waals surface area contributed by atoms with Crippen LogP contribution in [0.1, 0.15) is 48.9 Å². The number of aromatic hydroxyl groups is 1. The molecule has 3 rings (SSSR count). The molecule has 200 valence electrons. The lowest BCUT2D eigenvalue weighted by Crippen LogP contribution is -2.43. The molecule has 3 aromatic rings. The van der Waals surface area contributed by atoms with Gasteiger partial charge in [0, 0.05) is 15.7 Å². The maximum Gasteiger partial charge on any atom is 0.339 e. The minimum absolute atomic E-state index is 0.0278. The van der Waals surface area contributed by atoms with Crippen molar-refractivity contribution in [3.8, 4) is 5.75 Å². The van der Waals surface area contributed by atoms with E-state index in [4.69, 9.17) is 16.7 Å². The molecule has 8 nitrogen and oxygen atoms in total. The Morgan fingerprint density at radius 2 is 1.76 bits per heavy atom. The van der Waals surface area contributed by atoms with E-state index in [1.165, 1.54) is 35.2 Å². The number of nitrogens with one attached hydrogen (secondary N) is 1. The van der Waals surface area contributed by atoms with Gasteiger partial charge >= 0.3 is 11.9 Å². The van der Waals surface area contributed by atoms with E-state index in [1.54, 1.807) is 24.3 Å². The van der Waals surface area contributed by atoms with Crippen molar-refractivity contribution in [2.75, 3.05) is 5.75 Å². The van der Waals surface area contributed by atoms with Crippen LogP contribution in [-0.2, 0) is 28.2 Å². The van der Waals surface area contributed by atoms with Gasteiger partial charge in [-0.25, -0.2) is 4.79 Å². The lowest BCUT2D eigenvalue weighted by molar-refractivity contribution is -0.139. The molecule has 1 aromatic heterocycles. The Labute approximate surface area is 232 Å². The maximum absolute atomic E-state index is 12.8. The molecule has 0 saturated carbocycles. The molecular formula is C27H26ClNO7S2. The Morgan fingerprint density at radius 1 is 1.00 bits per heavy atom. The Kier molecular flexibility index (Phi) is 10.8. The number of aryl methyl sites for hydroxylation is 2. The smallest absolute Gasteiger partial charge is 0.339 e. The van der Waals surface area contributed by atoms with E-state index >= 15 is 0 Å². The number of carbonyl (C=O) groups excluding carboxylic acids is 2. The number of amides is 1. The molecule has 38 heavy (non-hydrogen) atoms. The Morgan fingerprint density at radius 3 is 2.47 bits per heavy atom. The third-order valence-electron chi connectivity index (χ3n) is 5.60. The van der Waals surface area contributed by atoms with Crippen LogP contribution < -0.4 is 5.32 Å². The highest BCUT2D eigenvalue weighted by atomic mass is 35.5. The van der Waals surface area contributed by atoms with Crippen molar-refractivity contribution in [3.63, 3.8) is 0 Å². The maximum atomic E-state index is 12.8. The Hall–Kier alpha value is -3.34. The monoisotopic (exact) mass is 575 g/mol. The molecule has 4 N–H and O–H groups in total. The van der Waals surface area contributed by atoms with Gasteiger partial charge in [0.15, 0.2) is 5.78 Å². The molecule has 0 fully saturated rings. The van der Waals surface area contributed by atoms with E-state index in [-0.39, 0.29) is 22.8 Å². The third-order valence-corrected chi connectivity index (χ3v) is 8.11. The largest absolute Gasteiger partial charge is 0.507 e. The first-order valence-electron chi connectivity index (χ1n) is 11.6. The Balaban J connectivity index is 1.53. The van der Waals surface area contributed by atoms with Gasteiger partial charge in [-0.2, -0.15) is 0 Å². The van der Waals surface area contributed by atoms with Crippen LogP contribution in [0.4, 0.5) is 0 Å². The first-order chi connectivity index (χ1) is 18.1. The number of hydrogen-bond donors (Lipinski definition) is 4. The molecule has 0 radical (unpaired) electrons. The van der Waals surface area contributed by atoms with Gasteiger partial charge < -0.3 is 20.6 Å². The first-order valence-corrected chi connectivity index (χ1v) is 14.0. The fourth-order valence-corrected chi connectivity index (χ4v) is 5.85. The van der Waals surface area contributed by atoms with Gasteiger partial charge in [0.1, 0.15) is 11.3 Å². The molecular weight excluding hydrogens is 550 g/mol. The number of benzene rings is 2. The normalized spacial score (nSPS) is 11.6. The molecule has 1 heterocycles. The second-order valence-electron chi connectivity index (χ2n) is 8.45. The predicted molar refractivity (Wildman–Crippen MR) is 148 cm³/mol. The highest BCUT2D eigenvalue weighted by Gasteiger charge is 2.25. The fraction of sp³-hybridized carbons (Fsp3) is 0.259. The number of aliphatic carboxylic acids is 1. The first kappa shape index (κ1) is 29.2. The number of thioether (sulfide) groups is 1. The minimum Gasteiger partial charge on any atom is -0.507 e. The number of hydrogen-bond acceptors (Lipinski definition) is 7. The van der Waals surface area contributed by atoms with Gasteiger partial charge in [0.05, 0.1) is 23.1 Å². The fourth-order valence-electron chi connectivity index (χ4n) is 3.64. The number of carbonyl (C=O) groups is 4. The zero-order chi connectivity index (χ0) is 27.7. The molecule has 0 spiro atoms. The molecule has 2 aromatic carbocycles. The van der Waals surface area contributed by atoms with Crippen molar-refractivity contribution in [2.24, 2.45) is 0 Å². The lowest BCUT2D eigenvalue weighted by Gasteiger charge is -2.15. The summed E-state index contributed by atoms with van der Waals surface area (Å²) in [5, 5.41) is 31.2. The highest BCUT2D eigenvalue weighted by molar-refractivity contribution is 7.99. The zero-order valence-electron chi connectivity index (χ0n) is 20.2. The van der Waals surface area contributed by atoms with Gasteiger partial charge in [-0.1, -0.05) is 35.9 Å². The summed E-state index contributed by atoms with van der Waals surface area (Å²) in [6.45, 7) is 0. The number of Topliss-reactive ketones (excluding diaryl/α,β-unsaturated/α-hetero) is 1. The molecule has 0 aliphatic heterocycles. The highest BCUT2D eigenvalue weighted by Crippen LogP contribution is 2.23. The summed E-state index contributed by atoms with van der Waals surface area (Å²) >= 11 is 8.68. The van der Waals surface area contributed by atoms with Crippen molar-refractivity contribution in [2.45, 2.75) is 37.5 Å². The summed E-state index contributed by atoms with van der Waals surface area (Å²) in [6, 6.07) is 14.0. The van der Waals surface area contributed by atoms with E-state index in [9.17, 15) is 29.4 Å². The van der Waals surface area contributed by atoms with E-state index in [2.05, 4.69) is 5.32 Å². The van der Waals surface area contributed by atoms with Gasteiger partial charge in [0.2, 0.25) is 0 Å². The average Bonchev–Trinajstić information content (AvgIpc) is 3.34. The van der Waals surface area contributed by atoms with Crippen molar-refractivity contribution in [3.05, 3.63) is 86.1 Å². The predicted octanol–water partition coefficient (Wildman–Crippen LogP) is 5.06. The summed E-state index contributed by atoms with van der Waals surface area (Å²) in [5.74, 6) is -3.06. The van der Waals surface area contributed by atoms with Crippen LogP contribution in [0.25, 0.3) is 0 Å². The quantitative estimate of drug-likeness (QED) is 0.209. The number of halogens is 1. The van der Waals surface area contributed by atoms with Crippen LogP contribution in [0.5, 0.6) is 5.75 Å². The number of rotatable bonds is 14. The Bertz CT molecular complexity index is 1320. The van der Waals surface area contributed by atoms with Crippen LogP contribution in [0.2, 0.25) is 5.02 Å². The number of carboxylic acids is 2. The van der Waals surface area contributed by atoms with E-state index in [0.717, 1.165) is 16.0 Å². The van der Waals surface area contributed by atoms with Crippen LogP contribution in [0.3, 0.4) is 0 Å². The summed E-state index contributed by atoms with van der Waals surface area (Å²) in [6.07, 6.45) is 1.40. The number of phenols is 1. The summed E-state index contributed by atoms with van der Waals surface area (Å²) in [4.78, 5) is 49.3. The van der Waals surface area contributed by atoms with Gasteiger partial charge in [-0.3, -0.25) is 14.4 Å². The number of carboxylic acid groups (broad SMARTS) is 2. The van der Waals surface area contributed by atoms with Crippen LogP contribution in [0, 0.1) is 0 Å². The summed E-state index contributed by atoms with van der Waals surface area (Å²) < 4.78 is 0. The molecule has 1 atom stereocenters. The molecule has 0 aliphatic carbocycles. The SMILES string of the molecule is O=C(O)CC(NC(=O)c1ccc(CCCc2ccc(O)c(C(=O)O)c2)s1)C(=O)CSCc1ccccc1Cl. The van der Waals surface area contributed by atoms with E-state index < -0.39 is 30.3 Å². The van der Waals surface area contributed by atoms with Crippen LogP contribution in [-0.4, -0.2) is 50.7 Å². The number of thiophene rings is 1. The molecule has 1 amide bonds. The van der Waals surface area contributed by atoms with Crippen molar-refractivity contribution >= 4 is 58.3 Å². The van der Waals surface area contributed by atoms with Gasteiger partial charge in [-0.15, -0.1) is 23.1 Å². The van der Waals surface area contributed by atoms with Crippen LogP contribution >= 0.6 is 34.7 Å². The average molecular weight is 576 g/mol. The van der Waals surface area contributed by atoms with Crippen LogP contribution in [0.15, 0.2) is 54.6 Å². The van der Waals surface area contributed by atoms with Crippen molar-refractivity contribution in [1.29, 1.82) is 0 Å². The van der Waals surface area contributed by atoms with Gasteiger partial charge in [-0.05, 0) is 60.7 Å². The molecule has 0 saturated heterocycles.